The van der Waals surface area contributed by atoms with Crippen molar-refractivity contribution in [2.45, 2.75) is 98.3 Å². The van der Waals surface area contributed by atoms with E-state index in [4.69, 9.17) is 0 Å². The fourth-order valence-corrected chi connectivity index (χ4v) is 5.48. The van der Waals surface area contributed by atoms with Crippen molar-refractivity contribution in [3.63, 3.8) is 0 Å². The van der Waals surface area contributed by atoms with Crippen molar-refractivity contribution < 1.29 is 0 Å². The Morgan fingerprint density at radius 1 is 0.600 bits per heavy atom. The van der Waals surface area contributed by atoms with E-state index in [1.165, 1.54) is 96.8 Å². The first-order valence-corrected chi connectivity index (χ1v) is 11.4. The summed E-state index contributed by atoms with van der Waals surface area (Å²) in [7, 11) is 0. The quantitative estimate of drug-likeness (QED) is 0.523. The van der Waals surface area contributed by atoms with Gasteiger partial charge in [-0.25, -0.2) is 0 Å². The molecule has 2 rings (SSSR count). The summed E-state index contributed by atoms with van der Waals surface area (Å²) in [4.78, 5) is 0. The molecule has 0 saturated heterocycles. The van der Waals surface area contributed by atoms with Gasteiger partial charge in [0.2, 0.25) is 0 Å². The van der Waals surface area contributed by atoms with Crippen LogP contribution in [0.3, 0.4) is 0 Å². The van der Waals surface area contributed by atoms with Gasteiger partial charge < -0.3 is 10.6 Å². The molecular weight excluding hydrogens is 304 g/mol. The normalized spacial score (nSPS) is 23.3. The summed E-state index contributed by atoms with van der Waals surface area (Å²) in [6.07, 6.45) is 16.1. The van der Waals surface area contributed by atoms with Gasteiger partial charge in [0.05, 0.1) is 0 Å². The van der Waals surface area contributed by atoms with Crippen LogP contribution in [0.25, 0.3) is 0 Å². The van der Waals surface area contributed by atoms with Crippen LogP contribution in [0.2, 0.25) is 0 Å². The molecule has 2 heteroatoms. The molecule has 2 saturated carbocycles. The molecule has 2 aliphatic carbocycles. The van der Waals surface area contributed by atoms with Crippen molar-refractivity contribution in [3.05, 3.63) is 0 Å². The zero-order valence-electron chi connectivity index (χ0n) is 17.8. The van der Waals surface area contributed by atoms with Crippen LogP contribution in [-0.2, 0) is 0 Å². The second-order valence-corrected chi connectivity index (χ2v) is 10.3. The van der Waals surface area contributed by atoms with Crippen molar-refractivity contribution in [2.24, 2.45) is 22.7 Å². The first-order valence-electron chi connectivity index (χ1n) is 11.4. The minimum atomic E-state index is 0.573. The first kappa shape index (κ1) is 21.2. The molecule has 0 aromatic rings. The van der Waals surface area contributed by atoms with Crippen LogP contribution in [0.4, 0.5) is 0 Å². The van der Waals surface area contributed by atoms with Gasteiger partial charge in [0.15, 0.2) is 0 Å². The van der Waals surface area contributed by atoms with E-state index in [2.05, 4.69) is 38.3 Å². The van der Waals surface area contributed by atoms with Crippen LogP contribution in [0.1, 0.15) is 98.3 Å². The maximum absolute atomic E-state index is 3.86. The molecule has 0 radical (unpaired) electrons. The topological polar surface area (TPSA) is 24.1 Å². The Labute approximate surface area is 158 Å². The van der Waals surface area contributed by atoms with E-state index in [0.717, 1.165) is 11.8 Å². The lowest BCUT2D eigenvalue weighted by atomic mass is 9.60. The molecule has 2 nitrogen and oxygen atoms in total. The third-order valence-corrected chi connectivity index (χ3v) is 6.68. The van der Waals surface area contributed by atoms with E-state index in [1.807, 2.05) is 0 Å². The Kier molecular flexibility index (Phi) is 8.75. The van der Waals surface area contributed by atoms with Gasteiger partial charge in [-0.15, -0.1) is 0 Å². The van der Waals surface area contributed by atoms with Gasteiger partial charge in [-0.2, -0.15) is 0 Å². The highest BCUT2D eigenvalue weighted by molar-refractivity contribution is 4.95. The monoisotopic (exact) mass is 350 g/mol. The molecule has 0 bridgehead atoms. The summed E-state index contributed by atoms with van der Waals surface area (Å²) in [6, 6.07) is 0. The van der Waals surface area contributed by atoms with Crippen LogP contribution >= 0.6 is 0 Å². The van der Waals surface area contributed by atoms with Gasteiger partial charge in [-0.05, 0) is 67.9 Å². The van der Waals surface area contributed by atoms with Crippen LogP contribution in [-0.4, -0.2) is 26.2 Å². The van der Waals surface area contributed by atoms with Crippen LogP contribution < -0.4 is 10.6 Å². The standard InChI is InChI=1S/C23H46N2/c1-20(2)15-24-18-22(11-7-5-8-12-22)17-23(13-9-6-10-14-23)19-25-16-21(3)4/h20-21,24-25H,5-19H2,1-4H3. The summed E-state index contributed by atoms with van der Waals surface area (Å²) >= 11 is 0. The van der Waals surface area contributed by atoms with Gasteiger partial charge in [0.25, 0.3) is 0 Å². The highest BCUT2D eigenvalue weighted by atomic mass is 14.9. The second-order valence-electron chi connectivity index (χ2n) is 10.3. The molecule has 2 aliphatic rings. The SMILES string of the molecule is CC(C)CNCC1(CC2(CNCC(C)C)CCCCC2)CCCCC1. The van der Waals surface area contributed by atoms with E-state index < -0.39 is 0 Å². The van der Waals surface area contributed by atoms with Crippen LogP contribution in [0.5, 0.6) is 0 Å². The smallest absolute Gasteiger partial charge is 0.000813 e. The van der Waals surface area contributed by atoms with Crippen LogP contribution in [0.15, 0.2) is 0 Å². The first-order chi connectivity index (χ1) is 12.0. The van der Waals surface area contributed by atoms with Gasteiger partial charge >= 0.3 is 0 Å². The molecule has 0 amide bonds. The number of hydrogen-bond acceptors (Lipinski definition) is 2. The summed E-state index contributed by atoms with van der Waals surface area (Å²) in [6.45, 7) is 14.2. The molecule has 25 heavy (non-hydrogen) atoms. The molecular formula is C23H46N2. The van der Waals surface area contributed by atoms with E-state index in [-0.39, 0.29) is 0 Å². The minimum Gasteiger partial charge on any atom is -0.316 e. The summed E-state index contributed by atoms with van der Waals surface area (Å²) in [5.41, 5.74) is 1.15. The Morgan fingerprint density at radius 2 is 0.960 bits per heavy atom. The molecule has 0 unspecified atom stereocenters. The number of rotatable bonds is 10. The highest BCUT2D eigenvalue weighted by Crippen LogP contribution is 2.50. The average molecular weight is 351 g/mol. The molecule has 0 aromatic heterocycles. The van der Waals surface area contributed by atoms with Gasteiger partial charge in [0, 0.05) is 13.1 Å². The van der Waals surface area contributed by atoms with Crippen LogP contribution in [0, 0.1) is 22.7 Å². The Balaban J connectivity index is 2.02. The second kappa shape index (κ2) is 10.3. The largest absolute Gasteiger partial charge is 0.316 e. The minimum absolute atomic E-state index is 0.573. The zero-order chi connectivity index (χ0) is 18.2. The molecule has 0 spiro atoms. The van der Waals surface area contributed by atoms with Gasteiger partial charge in [-0.3, -0.25) is 0 Å². The lowest BCUT2D eigenvalue weighted by Crippen LogP contribution is -2.46. The maximum Gasteiger partial charge on any atom is 0.000813 e. The van der Waals surface area contributed by atoms with Gasteiger partial charge in [-0.1, -0.05) is 66.2 Å². The molecule has 2 N–H and O–H groups in total. The molecule has 148 valence electrons. The fourth-order valence-electron chi connectivity index (χ4n) is 5.48. The Hall–Kier alpha value is -0.0800. The molecule has 2 fully saturated rings. The van der Waals surface area contributed by atoms with Crippen molar-refractivity contribution in [1.82, 2.24) is 10.6 Å². The predicted octanol–water partition coefficient (Wildman–Crippen LogP) is 5.77. The molecule has 0 heterocycles. The number of nitrogens with one attached hydrogen (secondary N) is 2. The highest BCUT2D eigenvalue weighted by Gasteiger charge is 2.42. The van der Waals surface area contributed by atoms with Crippen molar-refractivity contribution in [1.29, 1.82) is 0 Å². The van der Waals surface area contributed by atoms with E-state index in [1.54, 1.807) is 0 Å². The van der Waals surface area contributed by atoms with E-state index in [9.17, 15) is 0 Å². The molecule has 0 atom stereocenters. The maximum atomic E-state index is 3.86. The van der Waals surface area contributed by atoms with Gasteiger partial charge in [0.1, 0.15) is 0 Å². The number of hydrogen-bond donors (Lipinski definition) is 2. The summed E-state index contributed by atoms with van der Waals surface area (Å²) < 4.78 is 0. The fraction of sp³-hybridized carbons (Fsp3) is 1.00. The summed E-state index contributed by atoms with van der Waals surface area (Å²) in [5, 5.41) is 7.71. The van der Waals surface area contributed by atoms with Crippen molar-refractivity contribution in [3.8, 4) is 0 Å². The molecule has 0 aromatic carbocycles. The van der Waals surface area contributed by atoms with E-state index >= 15 is 0 Å². The average Bonchev–Trinajstić information content (AvgIpc) is 2.55. The lowest BCUT2D eigenvalue weighted by Gasteiger charge is -2.48. The van der Waals surface area contributed by atoms with Crippen molar-refractivity contribution in [2.75, 3.05) is 26.2 Å². The van der Waals surface area contributed by atoms with E-state index in [0.29, 0.717) is 10.8 Å². The third kappa shape index (κ3) is 7.21. The Morgan fingerprint density at radius 3 is 1.28 bits per heavy atom. The zero-order valence-corrected chi connectivity index (χ0v) is 17.8. The lowest BCUT2D eigenvalue weighted by molar-refractivity contribution is 0.0532. The summed E-state index contributed by atoms with van der Waals surface area (Å²) in [5.74, 6) is 1.52. The predicted molar refractivity (Wildman–Crippen MR) is 111 cm³/mol. The van der Waals surface area contributed by atoms with Crippen molar-refractivity contribution >= 4 is 0 Å². The molecule has 0 aliphatic heterocycles. The Bertz CT molecular complexity index is 315. The third-order valence-electron chi connectivity index (χ3n) is 6.68.